The van der Waals surface area contributed by atoms with Gasteiger partial charge in [0.05, 0.1) is 11.3 Å². The lowest BCUT2D eigenvalue weighted by molar-refractivity contribution is -0.136. The van der Waals surface area contributed by atoms with Crippen molar-refractivity contribution in [2.75, 3.05) is 11.9 Å². The van der Waals surface area contributed by atoms with Crippen molar-refractivity contribution in [1.82, 2.24) is 15.0 Å². The molecule has 2 heterocycles. The van der Waals surface area contributed by atoms with E-state index in [2.05, 4.69) is 15.5 Å². The number of hydrogen-bond acceptors (Lipinski definition) is 4. The number of nitrogens with one attached hydrogen (secondary N) is 1. The number of para-hydroxylation sites is 1. The molecule has 0 saturated carbocycles. The Bertz CT molecular complexity index is 744. The number of amides is 2. The van der Waals surface area contributed by atoms with Crippen LogP contribution < -0.4 is 5.32 Å². The lowest BCUT2D eigenvalue weighted by Crippen LogP contribution is -2.35. The van der Waals surface area contributed by atoms with E-state index >= 15 is 0 Å². The van der Waals surface area contributed by atoms with E-state index in [0.717, 1.165) is 6.07 Å². The topological polar surface area (TPSA) is 71.3 Å². The Morgan fingerprint density at radius 2 is 2.12 bits per heavy atom. The van der Waals surface area contributed by atoms with E-state index in [1.165, 1.54) is 23.1 Å². The number of carbonyl (C=O) groups is 1. The normalized spacial score (nSPS) is 18.0. The maximum absolute atomic E-state index is 13.0. The Balaban J connectivity index is 1.80. The third kappa shape index (κ3) is 3.19. The summed E-state index contributed by atoms with van der Waals surface area (Å²) in [6.45, 7) is 2.07. The van der Waals surface area contributed by atoms with E-state index in [0.29, 0.717) is 31.1 Å². The summed E-state index contributed by atoms with van der Waals surface area (Å²) in [5.41, 5.74) is -1.16. The summed E-state index contributed by atoms with van der Waals surface area (Å²) in [5.74, 6) is 0.740. The Morgan fingerprint density at radius 1 is 1.38 bits per heavy atom. The number of likely N-dealkylation sites (tertiary alicyclic amines) is 1. The Labute approximate surface area is 135 Å². The number of nitrogens with zero attached hydrogens (tertiary/aromatic N) is 3. The van der Waals surface area contributed by atoms with Gasteiger partial charge in [0.1, 0.15) is 6.04 Å². The minimum atomic E-state index is -4.54. The van der Waals surface area contributed by atoms with Crippen LogP contribution in [-0.2, 0) is 6.18 Å². The van der Waals surface area contributed by atoms with Crippen LogP contribution in [0.15, 0.2) is 28.8 Å². The minimum Gasteiger partial charge on any atom is -0.337 e. The maximum atomic E-state index is 13.0. The van der Waals surface area contributed by atoms with E-state index in [1.54, 1.807) is 6.92 Å². The van der Waals surface area contributed by atoms with Gasteiger partial charge >= 0.3 is 12.2 Å². The molecule has 128 valence electrons. The predicted octanol–water partition coefficient (Wildman–Crippen LogP) is 3.77. The molecule has 3 rings (SSSR count). The highest BCUT2D eigenvalue weighted by Gasteiger charge is 2.36. The molecule has 0 radical (unpaired) electrons. The van der Waals surface area contributed by atoms with Crippen LogP contribution >= 0.6 is 0 Å². The second-order valence-corrected chi connectivity index (χ2v) is 5.50. The van der Waals surface area contributed by atoms with Gasteiger partial charge in [0.25, 0.3) is 0 Å². The molecule has 2 amide bonds. The van der Waals surface area contributed by atoms with Crippen molar-refractivity contribution < 1.29 is 22.5 Å². The van der Waals surface area contributed by atoms with Crippen LogP contribution in [-0.4, -0.2) is 27.6 Å². The van der Waals surface area contributed by atoms with Crippen molar-refractivity contribution in [3.63, 3.8) is 0 Å². The summed E-state index contributed by atoms with van der Waals surface area (Å²) >= 11 is 0. The summed E-state index contributed by atoms with van der Waals surface area (Å²) in [6, 6.07) is 3.82. The second-order valence-electron chi connectivity index (χ2n) is 5.50. The molecule has 1 N–H and O–H groups in total. The van der Waals surface area contributed by atoms with Gasteiger partial charge in [-0.15, -0.1) is 0 Å². The average Bonchev–Trinajstić information content (AvgIpc) is 3.15. The van der Waals surface area contributed by atoms with Gasteiger partial charge in [0.15, 0.2) is 5.82 Å². The molecule has 9 heteroatoms. The number of benzene rings is 1. The molecule has 1 aromatic carbocycles. The molecule has 1 unspecified atom stereocenters. The molecule has 1 aliphatic heterocycles. The fraction of sp³-hybridized carbons (Fsp3) is 0.400. The summed E-state index contributed by atoms with van der Waals surface area (Å²) in [4.78, 5) is 18.0. The highest BCUT2D eigenvalue weighted by atomic mass is 19.4. The number of aromatic nitrogens is 2. The van der Waals surface area contributed by atoms with E-state index < -0.39 is 23.8 Å². The Hall–Kier alpha value is -2.58. The van der Waals surface area contributed by atoms with Crippen LogP contribution in [0.4, 0.5) is 23.7 Å². The van der Waals surface area contributed by atoms with Gasteiger partial charge in [-0.05, 0) is 31.9 Å². The Morgan fingerprint density at radius 3 is 2.79 bits per heavy atom. The van der Waals surface area contributed by atoms with Gasteiger partial charge < -0.3 is 14.7 Å². The zero-order valence-electron chi connectivity index (χ0n) is 12.8. The van der Waals surface area contributed by atoms with Crippen molar-refractivity contribution in [3.8, 4) is 0 Å². The van der Waals surface area contributed by atoms with E-state index in [1.807, 2.05) is 0 Å². The minimum absolute atomic E-state index is 0.276. The monoisotopic (exact) mass is 340 g/mol. The van der Waals surface area contributed by atoms with Gasteiger partial charge in [0, 0.05) is 6.54 Å². The maximum Gasteiger partial charge on any atom is 0.418 e. The number of carbonyl (C=O) groups excluding carboxylic acids is 1. The van der Waals surface area contributed by atoms with Gasteiger partial charge in [-0.1, -0.05) is 17.3 Å². The highest BCUT2D eigenvalue weighted by Crippen LogP contribution is 2.36. The van der Waals surface area contributed by atoms with Crippen molar-refractivity contribution in [3.05, 3.63) is 41.5 Å². The van der Waals surface area contributed by atoms with E-state index in [9.17, 15) is 18.0 Å². The molecule has 2 aromatic rings. The van der Waals surface area contributed by atoms with E-state index in [4.69, 9.17) is 4.52 Å². The van der Waals surface area contributed by atoms with Crippen LogP contribution in [0.2, 0.25) is 0 Å². The number of alkyl halides is 3. The van der Waals surface area contributed by atoms with Gasteiger partial charge in [0.2, 0.25) is 5.89 Å². The Kier molecular flexibility index (Phi) is 4.16. The third-order valence-electron chi connectivity index (χ3n) is 3.82. The molecule has 1 atom stereocenters. The quantitative estimate of drug-likeness (QED) is 0.903. The smallest absolute Gasteiger partial charge is 0.337 e. The first-order chi connectivity index (χ1) is 11.4. The van der Waals surface area contributed by atoms with Gasteiger partial charge in [-0.2, -0.15) is 18.2 Å². The van der Waals surface area contributed by atoms with Crippen molar-refractivity contribution >= 4 is 11.7 Å². The fourth-order valence-corrected chi connectivity index (χ4v) is 2.74. The zero-order valence-corrected chi connectivity index (χ0v) is 12.8. The summed E-state index contributed by atoms with van der Waals surface area (Å²) < 4.78 is 44.2. The molecule has 1 saturated heterocycles. The molecule has 24 heavy (non-hydrogen) atoms. The second kappa shape index (κ2) is 6.14. The summed E-state index contributed by atoms with van der Waals surface area (Å²) in [6.07, 6.45) is -3.21. The van der Waals surface area contributed by atoms with Gasteiger partial charge in [-0.3, -0.25) is 0 Å². The third-order valence-corrected chi connectivity index (χ3v) is 3.82. The molecule has 1 aliphatic rings. The first kappa shape index (κ1) is 16.3. The first-order valence-corrected chi connectivity index (χ1v) is 7.40. The number of anilines is 1. The first-order valence-electron chi connectivity index (χ1n) is 7.40. The summed E-state index contributed by atoms with van der Waals surface area (Å²) in [7, 11) is 0. The van der Waals surface area contributed by atoms with Crippen molar-refractivity contribution in [1.29, 1.82) is 0 Å². The lowest BCUT2D eigenvalue weighted by atomic mass is 10.1. The molecule has 6 nitrogen and oxygen atoms in total. The molecule has 0 spiro atoms. The zero-order chi connectivity index (χ0) is 17.3. The van der Waals surface area contributed by atoms with Crippen molar-refractivity contribution in [2.45, 2.75) is 32.0 Å². The van der Waals surface area contributed by atoms with Crippen LogP contribution in [0.25, 0.3) is 0 Å². The number of aryl methyl sites for hydroxylation is 1. The molecular formula is C15H15F3N4O2. The van der Waals surface area contributed by atoms with Crippen LogP contribution in [0.1, 0.15) is 36.2 Å². The highest BCUT2D eigenvalue weighted by molar-refractivity contribution is 5.90. The molecule has 0 bridgehead atoms. The summed E-state index contributed by atoms with van der Waals surface area (Å²) in [5, 5.41) is 6.03. The van der Waals surface area contributed by atoms with Crippen LogP contribution in [0, 0.1) is 6.92 Å². The predicted molar refractivity (Wildman–Crippen MR) is 78.2 cm³/mol. The molecular weight excluding hydrogens is 325 g/mol. The number of hydrogen-bond donors (Lipinski definition) is 1. The number of halogens is 3. The van der Waals surface area contributed by atoms with Crippen molar-refractivity contribution in [2.24, 2.45) is 0 Å². The SMILES string of the molecule is Cc1noc(C2CCCN2C(=O)Nc2ccccc2C(F)(F)F)n1. The fourth-order valence-electron chi connectivity index (χ4n) is 2.74. The van der Waals surface area contributed by atoms with Gasteiger partial charge in [-0.25, -0.2) is 4.79 Å². The molecule has 1 aromatic heterocycles. The molecule has 1 fully saturated rings. The largest absolute Gasteiger partial charge is 0.418 e. The number of rotatable bonds is 2. The molecule has 0 aliphatic carbocycles. The standard InChI is InChI=1S/C15H15F3N4O2/c1-9-19-13(24-21-9)12-7-4-8-22(12)14(23)20-11-6-3-2-5-10(11)15(16,17)18/h2-3,5-6,12H,4,7-8H2,1H3,(H,20,23). The number of urea groups is 1. The lowest BCUT2D eigenvalue weighted by Gasteiger charge is -2.23. The van der Waals surface area contributed by atoms with Crippen LogP contribution in [0.5, 0.6) is 0 Å². The van der Waals surface area contributed by atoms with Crippen LogP contribution in [0.3, 0.4) is 0 Å². The van der Waals surface area contributed by atoms with E-state index in [-0.39, 0.29) is 5.69 Å². The average molecular weight is 340 g/mol.